The number of nitrogens with one attached hydrogen (secondary N) is 2. The highest BCUT2D eigenvalue weighted by Crippen LogP contribution is 2.25. The molecule has 9 heteroatoms. The van der Waals surface area contributed by atoms with Crippen LogP contribution in [0, 0.1) is 6.92 Å². The van der Waals surface area contributed by atoms with Crippen LogP contribution in [0.5, 0.6) is 5.75 Å². The summed E-state index contributed by atoms with van der Waals surface area (Å²) in [5, 5.41) is 4.63. The molecule has 1 heterocycles. The first-order chi connectivity index (χ1) is 15.4. The molecule has 0 spiro atoms. The van der Waals surface area contributed by atoms with Crippen LogP contribution < -0.4 is 14.8 Å². The van der Waals surface area contributed by atoms with Gasteiger partial charge in [0.15, 0.2) is 6.61 Å². The van der Waals surface area contributed by atoms with Crippen LogP contribution in [-0.2, 0) is 14.8 Å². The molecule has 0 radical (unpaired) electrons. The minimum atomic E-state index is -3.85. The normalized spacial score (nSPS) is 11.2. The van der Waals surface area contributed by atoms with E-state index in [1.54, 1.807) is 19.1 Å². The molecule has 3 aromatic carbocycles. The quantitative estimate of drug-likeness (QED) is 0.445. The fourth-order valence-corrected chi connectivity index (χ4v) is 4.01. The van der Waals surface area contributed by atoms with Gasteiger partial charge < -0.3 is 10.1 Å². The van der Waals surface area contributed by atoms with Crippen molar-refractivity contribution in [2.45, 2.75) is 11.8 Å². The number of fused-ring (bicyclic) bond motifs is 1. The van der Waals surface area contributed by atoms with Crippen LogP contribution in [0.3, 0.4) is 0 Å². The van der Waals surface area contributed by atoms with Crippen LogP contribution in [0.2, 0.25) is 0 Å². The third-order valence-corrected chi connectivity index (χ3v) is 5.92. The Morgan fingerprint density at radius 1 is 0.969 bits per heavy atom. The lowest BCUT2D eigenvalue weighted by molar-refractivity contribution is -0.118. The Bertz CT molecular complexity index is 1370. The number of sulfonamides is 1. The van der Waals surface area contributed by atoms with E-state index >= 15 is 0 Å². The molecule has 2 N–H and O–H groups in total. The molecule has 0 unspecified atom stereocenters. The minimum absolute atomic E-state index is 0.00651. The Hall–Kier alpha value is -3.98. The van der Waals surface area contributed by atoms with Crippen molar-refractivity contribution in [2.24, 2.45) is 0 Å². The van der Waals surface area contributed by atoms with E-state index in [1.807, 2.05) is 36.4 Å². The Kier molecular flexibility index (Phi) is 6.00. The van der Waals surface area contributed by atoms with Gasteiger partial charge in [-0.3, -0.25) is 4.79 Å². The lowest BCUT2D eigenvalue weighted by atomic mass is 10.1. The molecular formula is C23H20N4O4S. The number of amides is 1. The number of hydrogen-bond donors (Lipinski definition) is 2. The van der Waals surface area contributed by atoms with Crippen LogP contribution in [0.1, 0.15) is 5.69 Å². The summed E-state index contributed by atoms with van der Waals surface area (Å²) in [5.41, 5.74) is 1.09. The van der Waals surface area contributed by atoms with Crippen molar-refractivity contribution in [1.82, 2.24) is 9.97 Å². The van der Waals surface area contributed by atoms with Crippen molar-refractivity contribution in [3.8, 4) is 5.75 Å². The number of carbonyl (C=O) groups excluding carboxylic acids is 1. The Balaban J connectivity index is 1.38. The summed E-state index contributed by atoms with van der Waals surface area (Å²) in [6.45, 7) is 1.56. The van der Waals surface area contributed by atoms with Crippen LogP contribution in [-0.4, -0.2) is 30.9 Å². The fraction of sp³-hybridized carbons (Fsp3) is 0.0870. The molecule has 0 bridgehead atoms. The zero-order valence-corrected chi connectivity index (χ0v) is 18.0. The standard InChI is InChI=1S/C23H20N4O4S/c1-16-13-14-24-23(25-16)27-32(29,30)19-11-9-18(10-12-19)26-22(28)15-31-21-8-4-6-17-5-2-3-7-20(17)21/h2-14H,15H2,1H3,(H,26,28)(H,24,25,27). The highest BCUT2D eigenvalue weighted by Gasteiger charge is 2.16. The van der Waals surface area contributed by atoms with Crippen molar-refractivity contribution in [3.63, 3.8) is 0 Å². The van der Waals surface area contributed by atoms with E-state index in [1.165, 1.54) is 30.5 Å². The summed E-state index contributed by atoms with van der Waals surface area (Å²) >= 11 is 0. The molecule has 1 aromatic heterocycles. The van der Waals surface area contributed by atoms with Gasteiger partial charge in [0, 0.05) is 23.0 Å². The van der Waals surface area contributed by atoms with Crippen LogP contribution in [0.25, 0.3) is 10.8 Å². The predicted octanol–water partition coefficient (Wildman–Crippen LogP) is 3.76. The average molecular weight is 449 g/mol. The highest BCUT2D eigenvalue weighted by atomic mass is 32.2. The molecule has 1 amide bonds. The van der Waals surface area contributed by atoms with Gasteiger partial charge in [-0.2, -0.15) is 0 Å². The maximum absolute atomic E-state index is 12.5. The molecule has 0 fully saturated rings. The largest absolute Gasteiger partial charge is 0.483 e. The number of hydrogen-bond acceptors (Lipinski definition) is 6. The summed E-state index contributed by atoms with van der Waals surface area (Å²) in [6.07, 6.45) is 1.47. The molecule has 4 rings (SSSR count). The van der Waals surface area contributed by atoms with E-state index in [0.717, 1.165) is 10.8 Å². The maximum atomic E-state index is 12.5. The van der Waals surface area contributed by atoms with E-state index in [4.69, 9.17) is 4.74 Å². The number of ether oxygens (including phenoxy) is 1. The molecule has 0 aliphatic rings. The van der Waals surface area contributed by atoms with Gasteiger partial charge in [0.05, 0.1) is 4.90 Å². The SMILES string of the molecule is Cc1ccnc(NS(=O)(=O)c2ccc(NC(=O)COc3cccc4ccccc34)cc2)n1. The minimum Gasteiger partial charge on any atom is -0.483 e. The zero-order chi connectivity index (χ0) is 22.6. The average Bonchev–Trinajstić information content (AvgIpc) is 2.78. The van der Waals surface area contributed by atoms with E-state index in [0.29, 0.717) is 17.1 Å². The maximum Gasteiger partial charge on any atom is 0.264 e. The smallest absolute Gasteiger partial charge is 0.264 e. The van der Waals surface area contributed by atoms with E-state index in [-0.39, 0.29) is 23.4 Å². The monoisotopic (exact) mass is 448 g/mol. The summed E-state index contributed by atoms with van der Waals surface area (Å²) in [5.74, 6) is 0.247. The van der Waals surface area contributed by atoms with E-state index in [9.17, 15) is 13.2 Å². The van der Waals surface area contributed by atoms with Crippen molar-refractivity contribution < 1.29 is 17.9 Å². The van der Waals surface area contributed by atoms with Gasteiger partial charge in [0.1, 0.15) is 5.75 Å². The number of rotatable bonds is 7. The van der Waals surface area contributed by atoms with Crippen LogP contribution in [0.4, 0.5) is 11.6 Å². The summed E-state index contributed by atoms with van der Waals surface area (Å²) in [4.78, 5) is 20.2. The Morgan fingerprint density at radius 2 is 1.72 bits per heavy atom. The predicted molar refractivity (Wildman–Crippen MR) is 122 cm³/mol. The second-order valence-corrected chi connectivity index (χ2v) is 8.65. The van der Waals surface area contributed by atoms with Gasteiger partial charge in [-0.1, -0.05) is 36.4 Å². The molecule has 0 aliphatic heterocycles. The van der Waals surface area contributed by atoms with Crippen molar-refractivity contribution in [1.29, 1.82) is 0 Å². The van der Waals surface area contributed by atoms with Crippen LogP contribution >= 0.6 is 0 Å². The lowest BCUT2D eigenvalue weighted by Crippen LogP contribution is -2.20. The third kappa shape index (κ3) is 5.01. The van der Waals surface area contributed by atoms with Gasteiger partial charge in [-0.25, -0.2) is 23.1 Å². The van der Waals surface area contributed by atoms with Gasteiger partial charge in [-0.05, 0) is 48.7 Å². The second-order valence-electron chi connectivity index (χ2n) is 6.97. The van der Waals surface area contributed by atoms with Gasteiger partial charge in [0.25, 0.3) is 15.9 Å². The number of nitrogens with zero attached hydrogens (tertiary/aromatic N) is 2. The molecule has 162 valence electrons. The van der Waals surface area contributed by atoms with Crippen molar-refractivity contribution in [3.05, 3.63) is 84.7 Å². The summed E-state index contributed by atoms with van der Waals surface area (Å²) < 4.78 is 33.0. The number of benzene rings is 3. The topological polar surface area (TPSA) is 110 Å². The Morgan fingerprint density at radius 3 is 2.50 bits per heavy atom. The first kappa shape index (κ1) is 21.3. The second kappa shape index (κ2) is 9.03. The van der Waals surface area contributed by atoms with E-state index in [2.05, 4.69) is 20.0 Å². The molecular weight excluding hydrogens is 428 g/mol. The first-order valence-electron chi connectivity index (χ1n) is 9.74. The molecule has 0 saturated carbocycles. The van der Waals surface area contributed by atoms with Gasteiger partial charge >= 0.3 is 0 Å². The molecule has 0 aliphatic carbocycles. The number of aryl methyl sites for hydroxylation is 1. The number of carbonyl (C=O) groups is 1. The molecule has 32 heavy (non-hydrogen) atoms. The van der Waals surface area contributed by atoms with Gasteiger partial charge in [0.2, 0.25) is 5.95 Å². The molecule has 4 aromatic rings. The molecule has 8 nitrogen and oxygen atoms in total. The number of aromatic nitrogens is 2. The molecule has 0 saturated heterocycles. The highest BCUT2D eigenvalue weighted by molar-refractivity contribution is 7.92. The lowest BCUT2D eigenvalue weighted by Gasteiger charge is -2.11. The fourth-order valence-electron chi connectivity index (χ4n) is 3.06. The number of anilines is 2. The Labute approximate surface area is 185 Å². The summed E-state index contributed by atoms with van der Waals surface area (Å²) in [6, 6.07) is 20.8. The molecule has 0 atom stereocenters. The van der Waals surface area contributed by atoms with Crippen LogP contribution in [0.15, 0.2) is 83.9 Å². The third-order valence-electron chi connectivity index (χ3n) is 4.58. The summed E-state index contributed by atoms with van der Waals surface area (Å²) in [7, 11) is -3.85. The van der Waals surface area contributed by atoms with Gasteiger partial charge in [-0.15, -0.1) is 0 Å². The zero-order valence-electron chi connectivity index (χ0n) is 17.1. The van der Waals surface area contributed by atoms with E-state index < -0.39 is 10.0 Å². The van der Waals surface area contributed by atoms with Crippen molar-refractivity contribution in [2.75, 3.05) is 16.6 Å². The van der Waals surface area contributed by atoms with Crippen molar-refractivity contribution >= 4 is 38.3 Å². The first-order valence-corrected chi connectivity index (χ1v) is 11.2.